The molecule has 2 aromatic heterocycles. The summed E-state index contributed by atoms with van der Waals surface area (Å²) in [5.41, 5.74) is 4.13. The van der Waals surface area contributed by atoms with Crippen LogP contribution >= 0.6 is 0 Å². The van der Waals surface area contributed by atoms with Gasteiger partial charge in [0.1, 0.15) is 0 Å². The normalized spacial score (nSPS) is 11.3. The summed E-state index contributed by atoms with van der Waals surface area (Å²) < 4.78 is 1.79. The van der Waals surface area contributed by atoms with Crippen LogP contribution in [0.25, 0.3) is 28.7 Å². The summed E-state index contributed by atoms with van der Waals surface area (Å²) in [6.07, 6.45) is 7.40. The number of nitrogens with zero attached hydrogens (tertiary/aromatic N) is 3. The highest BCUT2D eigenvalue weighted by Gasteiger charge is 2.15. The van der Waals surface area contributed by atoms with Crippen molar-refractivity contribution in [3.63, 3.8) is 0 Å². The lowest BCUT2D eigenvalue weighted by atomic mass is 10.0. The SMILES string of the molecule is Cc1c(C=Cc2cnn(-c3ccccc3)c2)nc2ccccc2c1C(=O)O. The first-order valence-corrected chi connectivity index (χ1v) is 8.54. The van der Waals surface area contributed by atoms with Crippen LogP contribution in [-0.2, 0) is 0 Å². The predicted octanol–water partition coefficient (Wildman–Crippen LogP) is 4.60. The minimum Gasteiger partial charge on any atom is -0.478 e. The number of pyridine rings is 1. The van der Waals surface area contributed by atoms with Gasteiger partial charge in [0.2, 0.25) is 0 Å². The molecular weight excluding hydrogens is 338 g/mol. The van der Waals surface area contributed by atoms with E-state index in [0.29, 0.717) is 27.7 Å². The lowest BCUT2D eigenvalue weighted by molar-refractivity contribution is 0.0698. The number of aromatic carboxylic acids is 1. The fourth-order valence-corrected chi connectivity index (χ4v) is 3.08. The van der Waals surface area contributed by atoms with Crippen LogP contribution in [0.1, 0.15) is 27.2 Å². The van der Waals surface area contributed by atoms with Crippen LogP contribution in [0.5, 0.6) is 0 Å². The summed E-state index contributed by atoms with van der Waals surface area (Å²) in [5.74, 6) is -0.947. The molecule has 27 heavy (non-hydrogen) atoms. The maximum atomic E-state index is 11.8. The lowest BCUT2D eigenvalue weighted by Crippen LogP contribution is -2.04. The highest BCUT2D eigenvalue weighted by Crippen LogP contribution is 2.24. The fourth-order valence-electron chi connectivity index (χ4n) is 3.08. The average molecular weight is 355 g/mol. The largest absolute Gasteiger partial charge is 0.478 e. The molecule has 0 aliphatic carbocycles. The summed E-state index contributed by atoms with van der Waals surface area (Å²) in [4.78, 5) is 16.4. The molecule has 1 N–H and O–H groups in total. The van der Waals surface area contributed by atoms with E-state index < -0.39 is 5.97 Å². The molecule has 0 fully saturated rings. The van der Waals surface area contributed by atoms with Crippen molar-refractivity contribution in [2.24, 2.45) is 0 Å². The summed E-state index contributed by atoms with van der Waals surface area (Å²) in [7, 11) is 0. The van der Waals surface area contributed by atoms with Crippen LogP contribution < -0.4 is 0 Å². The van der Waals surface area contributed by atoms with E-state index in [2.05, 4.69) is 10.1 Å². The molecular formula is C22H17N3O2. The zero-order chi connectivity index (χ0) is 18.8. The average Bonchev–Trinajstić information content (AvgIpc) is 3.16. The lowest BCUT2D eigenvalue weighted by Gasteiger charge is -2.09. The standard InChI is InChI=1S/C22H17N3O2/c1-15-19(24-20-10-6-5-9-18(20)21(15)22(26)27)12-11-16-13-23-25(14-16)17-7-3-2-4-8-17/h2-14H,1H3,(H,26,27). The van der Waals surface area contributed by atoms with Crippen molar-refractivity contribution < 1.29 is 9.90 Å². The third-order valence-corrected chi connectivity index (χ3v) is 4.44. The number of benzene rings is 2. The summed E-state index contributed by atoms with van der Waals surface area (Å²) in [5, 5.41) is 14.7. The van der Waals surface area contributed by atoms with Gasteiger partial charge < -0.3 is 5.11 Å². The number of para-hydroxylation sites is 2. The van der Waals surface area contributed by atoms with E-state index in [1.54, 1.807) is 23.9 Å². The Kier molecular flexibility index (Phi) is 4.26. The maximum absolute atomic E-state index is 11.8. The predicted molar refractivity (Wildman–Crippen MR) is 106 cm³/mol. The number of rotatable bonds is 4. The number of hydrogen-bond acceptors (Lipinski definition) is 3. The molecule has 0 saturated heterocycles. The van der Waals surface area contributed by atoms with Gasteiger partial charge in [0.25, 0.3) is 0 Å². The first-order valence-electron chi connectivity index (χ1n) is 8.54. The van der Waals surface area contributed by atoms with Gasteiger partial charge in [0.05, 0.1) is 28.7 Å². The zero-order valence-corrected chi connectivity index (χ0v) is 14.7. The molecule has 5 heteroatoms. The molecule has 132 valence electrons. The van der Waals surface area contributed by atoms with E-state index >= 15 is 0 Å². The maximum Gasteiger partial charge on any atom is 0.336 e. The molecule has 0 saturated carbocycles. The second kappa shape index (κ2) is 6.88. The second-order valence-corrected chi connectivity index (χ2v) is 6.21. The third-order valence-electron chi connectivity index (χ3n) is 4.44. The number of fused-ring (bicyclic) bond motifs is 1. The van der Waals surface area contributed by atoms with E-state index in [1.807, 2.05) is 66.9 Å². The van der Waals surface area contributed by atoms with Crippen molar-refractivity contribution in [2.45, 2.75) is 6.92 Å². The van der Waals surface area contributed by atoms with E-state index in [1.165, 1.54) is 0 Å². The molecule has 0 atom stereocenters. The van der Waals surface area contributed by atoms with Gasteiger partial charge in [0.15, 0.2) is 0 Å². The van der Waals surface area contributed by atoms with E-state index in [-0.39, 0.29) is 0 Å². The van der Waals surface area contributed by atoms with Crippen LogP contribution in [0.15, 0.2) is 67.0 Å². The molecule has 2 heterocycles. The Labute approximate surface area is 156 Å². The molecule has 5 nitrogen and oxygen atoms in total. The van der Waals surface area contributed by atoms with Gasteiger partial charge >= 0.3 is 5.97 Å². The van der Waals surface area contributed by atoms with Gasteiger partial charge in [-0.15, -0.1) is 0 Å². The van der Waals surface area contributed by atoms with Crippen LogP contribution in [-0.4, -0.2) is 25.8 Å². The molecule has 0 radical (unpaired) electrons. The first kappa shape index (κ1) is 16.7. The van der Waals surface area contributed by atoms with Gasteiger partial charge in [-0.2, -0.15) is 5.10 Å². The molecule has 0 aliphatic rings. The minimum atomic E-state index is -0.947. The summed E-state index contributed by atoms with van der Waals surface area (Å²) >= 11 is 0. The monoisotopic (exact) mass is 355 g/mol. The van der Waals surface area contributed by atoms with Gasteiger partial charge in [0, 0.05) is 17.1 Å². The Bertz CT molecular complexity index is 1160. The summed E-state index contributed by atoms with van der Waals surface area (Å²) in [6, 6.07) is 17.1. The Balaban J connectivity index is 1.73. The van der Waals surface area contributed by atoms with Crippen molar-refractivity contribution in [1.82, 2.24) is 14.8 Å². The second-order valence-electron chi connectivity index (χ2n) is 6.21. The Morgan fingerprint density at radius 1 is 1.04 bits per heavy atom. The zero-order valence-electron chi connectivity index (χ0n) is 14.7. The van der Waals surface area contributed by atoms with Gasteiger partial charge in [-0.3, -0.25) is 0 Å². The van der Waals surface area contributed by atoms with Crippen LogP contribution in [0, 0.1) is 6.92 Å². The molecule has 4 rings (SSSR count). The van der Waals surface area contributed by atoms with E-state index in [4.69, 9.17) is 0 Å². The van der Waals surface area contributed by atoms with Crippen molar-refractivity contribution in [3.8, 4) is 5.69 Å². The highest BCUT2D eigenvalue weighted by molar-refractivity contribution is 6.04. The number of carboxylic acids is 1. The number of aromatic nitrogens is 3. The van der Waals surface area contributed by atoms with Crippen molar-refractivity contribution in [3.05, 3.63) is 89.4 Å². The van der Waals surface area contributed by atoms with E-state index in [9.17, 15) is 9.90 Å². The first-order chi connectivity index (χ1) is 13.1. The Morgan fingerprint density at radius 3 is 2.56 bits per heavy atom. The fraction of sp³-hybridized carbons (Fsp3) is 0.0455. The third kappa shape index (κ3) is 3.22. The number of hydrogen-bond donors (Lipinski definition) is 1. The molecule has 0 spiro atoms. The Hall–Kier alpha value is -3.73. The Morgan fingerprint density at radius 2 is 1.78 bits per heavy atom. The molecule has 0 bridgehead atoms. The van der Waals surface area contributed by atoms with Crippen molar-refractivity contribution in [2.75, 3.05) is 0 Å². The van der Waals surface area contributed by atoms with Crippen LogP contribution in [0.3, 0.4) is 0 Å². The van der Waals surface area contributed by atoms with Gasteiger partial charge in [-0.25, -0.2) is 14.5 Å². The minimum absolute atomic E-state index is 0.292. The quantitative estimate of drug-likeness (QED) is 0.581. The molecule has 0 aliphatic heterocycles. The number of carboxylic acid groups (broad SMARTS) is 1. The van der Waals surface area contributed by atoms with Crippen molar-refractivity contribution >= 4 is 29.0 Å². The van der Waals surface area contributed by atoms with Crippen molar-refractivity contribution in [1.29, 1.82) is 0 Å². The molecule has 0 unspecified atom stereocenters. The van der Waals surface area contributed by atoms with Gasteiger partial charge in [-0.1, -0.05) is 36.4 Å². The highest BCUT2D eigenvalue weighted by atomic mass is 16.4. The smallest absolute Gasteiger partial charge is 0.336 e. The van der Waals surface area contributed by atoms with Crippen LogP contribution in [0.4, 0.5) is 0 Å². The molecule has 4 aromatic rings. The number of carbonyl (C=O) groups is 1. The topological polar surface area (TPSA) is 68.0 Å². The molecule has 2 aromatic carbocycles. The van der Waals surface area contributed by atoms with Gasteiger partial charge in [-0.05, 0) is 42.8 Å². The van der Waals surface area contributed by atoms with Crippen LogP contribution in [0.2, 0.25) is 0 Å². The molecule has 0 amide bonds. The summed E-state index contributed by atoms with van der Waals surface area (Å²) in [6.45, 7) is 1.79. The van der Waals surface area contributed by atoms with E-state index in [0.717, 1.165) is 11.3 Å².